The lowest BCUT2D eigenvalue weighted by Gasteiger charge is -2.42. The number of ether oxygens (including phenoxy) is 6. The van der Waals surface area contributed by atoms with Gasteiger partial charge in [0.25, 0.3) is 0 Å². The molecule has 0 bridgehead atoms. The molecule has 314 valence electrons. The quantitative estimate of drug-likeness (QED) is 0.0671. The zero-order chi connectivity index (χ0) is 40.8. The van der Waals surface area contributed by atoms with Crippen molar-refractivity contribution in [2.75, 3.05) is 39.6 Å². The molecule has 3 aromatic carbocycles. The predicted molar refractivity (Wildman–Crippen MR) is 216 cm³/mol. The van der Waals surface area contributed by atoms with Crippen LogP contribution >= 0.6 is 10.3 Å². The zero-order valence-corrected chi connectivity index (χ0v) is 35.0. The fourth-order valence-electron chi connectivity index (χ4n) is 5.48. The second kappa shape index (κ2) is 24.6. The molecule has 0 saturated carbocycles. The summed E-state index contributed by atoms with van der Waals surface area (Å²) in [6, 6.07) is 15.1. The van der Waals surface area contributed by atoms with Crippen molar-refractivity contribution >= 4 is 16.3 Å². The van der Waals surface area contributed by atoms with Crippen LogP contribution in [0.25, 0.3) is 0 Å². The van der Waals surface area contributed by atoms with Crippen LogP contribution in [0.15, 0.2) is 69.3 Å². The fourth-order valence-corrected chi connectivity index (χ4v) is 8.89. The van der Waals surface area contributed by atoms with Crippen LogP contribution in [0.3, 0.4) is 0 Å². The molecular weight excluding hydrogens is 746 g/mol. The van der Waals surface area contributed by atoms with Crippen LogP contribution in [-0.4, -0.2) is 51.8 Å². The first-order valence-electron chi connectivity index (χ1n) is 20.4. The Morgan fingerprint density at radius 3 is 1.09 bits per heavy atom. The Labute approximate surface area is 334 Å². The van der Waals surface area contributed by atoms with E-state index in [4.69, 9.17) is 32.6 Å². The number of carbonyl (C=O) groups excluding carboxylic acids is 1. The van der Waals surface area contributed by atoms with Crippen LogP contribution in [0.1, 0.15) is 119 Å². The number of alkyl halides is 3. The van der Waals surface area contributed by atoms with E-state index >= 15 is 0 Å². The molecule has 0 radical (unpaired) electrons. The smallest absolute Gasteiger partial charge is 0.491 e. The Kier molecular flexibility index (Phi) is 20.4. The molecule has 0 N–H and O–H groups in total. The van der Waals surface area contributed by atoms with E-state index in [9.17, 15) is 18.0 Å². The standard InChI is InChI=1S/C44H63F3O8S/c1-7-13-24-49-34-30-37(51-26-15-9-3)41(38(31-34)52-27-16-10-4)56(36-22-20-19-21-23-36,55-43(48)44(45,46)47)42-39(53-28-17-11-5)32-35(50-25-14-8-2)33-40(42)54-29-18-12-6/h19-23,30-33H,7-18,24-29H2,1-6H3. The van der Waals surface area contributed by atoms with Crippen molar-refractivity contribution < 1.29 is 50.6 Å². The lowest BCUT2D eigenvalue weighted by molar-refractivity contribution is -0.188. The molecule has 0 aliphatic carbocycles. The summed E-state index contributed by atoms with van der Waals surface area (Å²) in [4.78, 5) is 14.2. The number of benzene rings is 3. The molecule has 0 saturated heterocycles. The van der Waals surface area contributed by atoms with Gasteiger partial charge in [0.15, 0.2) is 0 Å². The van der Waals surface area contributed by atoms with E-state index in [2.05, 4.69) is 13.8 Å². The Balaban J connectivity index is 2.69. The maximum Gasteiger partial charge on any atom is 0.491 e. The number of carbonyl (C=O) groups is 1. The van der Waals surface area contributed by atoms with Gasteiger partial charge in [-0.15, -0.1) is 0 Å². The summed E-state index contributed by atoms with van der Waals surface area (Å²) in [5.74, 6) is -0.833. The monoisotopic (exact) mass is 808 g/mol. The highest BCUT2D eigenvalue weighted by atomic mass is 32.3. The maximum atomic E-state index is 14.8. The van der Waals surface area contributed by atoms with Crippen LogP contribution in [0, 0.1) is 0 Å². The van der Waals surface area contributed by atoms with Gasteiger partial charge in [-0.3, -0.25) is 0 Å². The molecule has 8 nitrogen and oxygen atoms in total. The summed E-state index contributed by atoms with van der Waals surface area (Å²) in [5, 5.41) is 0. The minimum atomic E-state index is -5.36. The fraction of sp³-hybridized carbons (Fsp3) is 0.568. The average molecular weight is 809 g/mol. The molecule has 56 heavy (non-hydrogen) atoms. The van der Waals surface area contributed by atoms with Crippen LogP contribution in [0.4, 0.5) is 13.2 Å². The normalized spacial score (nSPS) is 11.9. The lowest BCUT2D eigenvalue weighted by Crippen LogP contribution is -2.28. The molecule has 3 rings (SSSR count). The number of hydrogen-bond donors (Lipinski definition) is 0. The van der Waals surface area contributed by atoms with Gasteiger partial charge in [-0.1, -0.05) is 98.3 Å². The van der Waals surface area contributed by atoms with E-state index in [1.807, 2.05) is 27.7 Å². The Morgan fingerprint density at radius 1 is 0.500 bits per heavy atom. The van der Waals surface area contributed by atoms with Crippen molar-refractivity contribution in [1.82, 2.24) is 0 Å². The zero-order valence-electron chi connectivity index (χ0n) is 34.2. The van der Waals surface area contributed by atoms with E-state index < -0.39 is 22.5 Å². The van der Waals surface area contributed by atoms with Crippen molar-refractivity contribution in [3.63, 3.8) is 0 Å². The highest BCUT2D eigenvalue weighted by Gasteiger charge is 2.51. The predicted octanol–water partition coefficient (Wildman–Crippen LogP) is 13.1. The molecule has 0 atom stereocenters. The number of hydrogen-bond acceptors (Lipinski definition) is 8. The van der Waals surface area contributed by atoms with Gasteiger partial charge < -0.3 is 32.6 Å². The molecule has 0 spiro atoms. The van der Waals surface area contributed by atoms with Gasteiger partial charge in [0.1, 0.15) is 44.3 Å². The van der Waals surface area contributed by atoms with Gasteiger partial charge in [0, 0.05) is 39.5 Å². The molecule has 3 aromatic rings. The second-order valence-electron chi connectivity index (χ2n) is 13.4. The van der Waals surface area contributed by atoms with Crippen molar-refractivity contribution in [3.8, 4) is 34.5 Å². The number of rotatable bonds is 28. The highest BCUT2D eigenvalue weighted by Crippen LogP contribution is 2.77. The van der Waals surface area contributed by atoms with Gasteiger partial charge in [-0.2, -0.15) is 13.2 Å². The summed E-state index contributed by atoms with van der Waals surface area (Å²) in [5.41, 5.74) is 0. The van der Waals surface area contributed by atoms with Gasteiger partial charge in [-0.25, -0.2) is 4.79 Å². The van der Waals surface area contributed by atoms with E-state index in [0.29, 0.717) is 50.4 Å². The third-order valence-corrected chi connectivity index (χ3v) is 11.9. The van der Waals surface area contributed by atoms with Crippen LogP contribution in [-0.2, 0) is 8.98 Å². The van der Waals surface area contributed by atoms with E-state index in [1.165, 1.54) is 0 Å². The van der Waals surface area contributed by atoms with Crippen LogP contribution < -0.4 is 28.4 Å². The first-order valence-corrected chi connectivity index (χ1v) is 22.0. The molecule has 0 heterocycles. The SMILES string of the molecule is CCCCOc1cc(OCCCC)c(S(OC(=O)C(F)(F)F)(c2ccccc2)c2c(OCCCC)cc(OCCCC)cc2OCCCC)c(OCCCC)c1. The first kappa shape index (κ1) is 46.5. The largest absolute Gasteiger partial charge is 0.493 e. The minimum Gasteiger partial charge on any atom is -0.493 e. The second-order valence-corrected chi connectivity index (χ2v) is 16.0. The molecule has 0 aliphatic rings. The molecule has 12 heteroatoms. The Bertz CT molecular complexity index is 1440. The third kappa shape index (κ3) is 13.3. The van der Waals surface area contributed by atoms with E-state index in [0.717, 1.165) is 51.4 Å². The lowest BCUT2D eigenvalue weighted by atomic mass is 10.2. The molecule has 0 amide bonds. The summed E-state index contributed by atoms with van der Waals surface area (Å²) in [7, 11) is -3.85. The van der Waals surface area contributed by atoms with Gasteiger partial charge in [0.05, 0.1) is 39.6 Å². The summed E-state index contributed by atoms with van der Waals surface area (Å²) < 4.78 is 89.0. The number of unbranched alkanes of at least 4 members (excludes halogenated alkanes) is 6. The van der Waals surface area contributed by atoms with Crippen molar-refractivity contribution in [3.05, 3.63) is 54.6 Å². The average Bonchev–Trinajstić information content (AvgIpc) is 3.18. The van der Waals surface area contributed by atoms with Crippen molar-refractivity contribution in [2.45, 2.75) is 139 Å². The number of halogens is 3. The topological polar surface area (TPSA) is 81.7 Å². The Hall–Kier alpha value is -3.93. The van der Waals surface area contributed by atoms with E-state index in [1.54, 1.807) is 54.6 Å². The van der Waals surface area contributed by atoms with Gasteiger partial charge in [-0.05, 0) is 50.7 Å². The molecule has 0 unspecified atom stereocenters. The maximum absolute atomic E-state index is 14.8. The van der Waals surface area contributed by atoms with Gasteiger partial charge in [0.2, 0.25) is 0 Å². The highest BCUT2D eigenvalue weighted by molar-refractivity contribution is 8.30. The molecule has 0 aliphatic heterocycles. The molecule has 0 fully saturated rings. The van der Waals surface area contributed by atoms with Crippen molar-refractivity contribution in [1.29, 1.82) is 0 Å². The minimum absolute atomic E-state index is 0.136. The molecule has 0 aromatic heterocycles. The summed E-state index contributed by atoms with van der Waals surface area (Å²) >= 11 is 0. The van der Waals surface area contributed by atoms with Crippen molar-refractivity contribution in [2.24, 2.45) is 0 Å². The van der Waals surface area contributed by atoms with Crippen LogP contribution in [0.2, 0.25) is 0 Å². The third-order valence-electron chi connectivity index (χ3n) is 8.63. The van der Waals surface area contributed by atoms with Gasteiger partial charge >= 0.3 is 12.1 Å². The Morgan fingerprint density at radius 2 is 0.804 bits per heavy atom. The van der Waals surface area contributed by atoms with Crippen LogP contribution in [0.5, 0.6) is 34.5 Å². The van der Waals surface area contributed by atoms with E-state index in [-0.39, 0.29) is 64.1 Å². The summed E-state index contributed by atoms with van der Waals surface area (Å²) in [6.45, 7) is 13.9. The summed E-state index contributed by atoms with van der Waals surface area (Å²) in [6.07, 6.45) is 3.81. The first-order chi connectivity index (χ1) is 27.1. The molecular formula is C44H63F3O8S.